The number of benzene rings is 3. The van der Waals surface area contributed by atoms with Crippen molar-refractivity contribution < 1.29 is 34.3 Å². The van der Waals surface area contributed by atoms with Crippen LogP contribution in [0.25, 0.3) is 0 Å². The van der Waals surface area contributed by atoms with Crippen molar-refractivity contribution in [2.45, 2.75) is 63.8 Å². The highest BCUT2D eigenvalue weighted by Crippen LogP contribution is 2.38. The number of carbonyl (C=O) groups excluding carboxylic acids is 2. The molecule has 0 saturated carbocycles. The molecular formula is C35H43N5O8. The quantitative estimate of drug-likeness (QED) is 0.0854. The van der Waals surface area contributed by atoms with Gasteiger partial charge in [0.25, 0.3) is 5.69 Å². The van der Waals surface area contributed by atoms with Crippen molar-refractivity contribution in [3.8, 4) is 0 Å². The molecule has 256 valence electrons. The van der Waals surface area contributed by atoms with Gasteiger partial charge in [0.2, 0.25) is 11.8 Å². The lowest BCUT2D eigenvalue weighted by Gasteiger charge is -2.41. The first kappa shape index (κ1) is 34.9. The molecule has 0 spiro atoms. The van der Waals surface area contributed by atoms with E-state index in [1.165, 1.54) is 0 Å². The molecule has 0 bridgehead atoms. The number of aliphatic hydroxyl groups excluding tert-OH is 1. The Morgan fingerprint density at radius 2 is 1.46 bits per heavy atom. The lowest BCUT2D eigenvalue weighted by atomic mass is 9.99. The molecule has 3 aromatic rings. The van der Waals surface area contributed by atoms with Crippen LogP contribution in [-0.2, 0) is 32.2 Å². The standard InChI is InChI=1S/C35H43N5O8/c41-24-26-7-9-27(10-8-26)32-21-31(23-38-17-19-39(20-18-38)29-13-15-30(16-14-29)40(45)46)47-35(48-32)28-11-5-25(6-12-28)22-36-33(42)3-1-2-4-34(43)37-44/h5-16,31-32,35,41,44H,1-4,17-24H2,(H,36,42)(H,37,43)/t31-,32+,35+/m0/s1. The molecule has 2 aliphatic rings. The van der Waals surface area contributed by atoms with E-state index in [0.717, 1.165) is 60.7 Å². The van der Waals surface area contributed by atoms with Crippen molar-refractivity contribution in [3.05, 3.63) is 105 Å². The van der Waals surface area contributed by atoms with Crippen LogP contribution in [0.4, 0.5) is 11.4 Å². The molecule has 13 nitrogen and oxygen atoms in total. The number of carbonyl (C=O) groups is 2. The van der Waals surface area contributed by atoms with Gasteiger partial charge in [-0.3, -0.25) is 29.8 Å². The Bertz CT molecular complexity index is 1490. The number of nitro benzene ring substituents is 1. The van der Waals surface area contributed by atoms with Crippen LogP contribution in [0.3, 0.4) is 0 Å². The number of piperazine rings is 1. The van der Waals surface area contributed by atoms with Gasteiger partial charge in [0.05, 0.1) is 23.7 Å². The molecule has 0 aromatic heterocycles. The fourth-order valence-corrected chi connectivity index (χ4v) is 6.00. The van der Waals surface area contributed by atoms with Gasteiger partial charge in [-0.05, 0) is 41.7 Å². The van der Waals surface area contributed by atoms with Gasteiger partial charge in [0.15, 0.2) is 6.29 Å². The molecule has 48 heavy (non-hydrogen) atoms. The number of non-ortho nitro benzene ring substituents is 1. The maximum absolute atomic E-state index is 12.2. The first-order valence-electron chi connectivity index (χ1n) is 16.3. The molecule has 2 aliphatic heterocycles. The van der Waals surface area contributed by atoms with Crippen LogP contribution in [0.2, 0.25) is 0 Å². The van der Waals surface area contributed by atoms with E-state index in [2.05, 4.69) is 15.1 Å². The summed E-state index contributed by atoms with van der Waals surface area (Å²) >= 11 is 0. The van der Waals surface area contributed by atoms with Crippen molar-refractivity contribution in [1.29, 1.82) is 0 Å². The van der Waals surface area contributed by atoms with Gasteiger partial charge in [-0.25, -0.2) is 5.48 Å². The van der Waals surface area contributed by atoms with Crippen LogP contribution < -0.4 is 15.7 Å². The third-order valence-corrected chi connectivity index (χ3v) is 8.80. The molecule has 2 saturated heterocycles. The predicted molar refractivity (Wildman–Crippen MR) is 177 cm³/mol. The molecule has 3 atom stereocenters. The molecule has 2 fully saturated rings. The van der Waals surface area contributed by atoms with Crippen LogP contribution in [-0.4, -0.2) is 70.8 Å². The minimum Gasteiger partial charge on any atom is -0.392 e. The number of rotatable bonds is 14. The second kappa shape index (κ2) is 17.1. The van der Waals surface area contributed by atoms with E-state index < -0.39 is 12.2 Å². The van der Waals surface area contributed by atoms with Crippen molar-refractivity contribution in [1.82, 2.24) is 15.7 Å². The Morgan fingerprint density at radius 1 is 0.833 bits per heavy atom. The maximum atomic E-state index is 12.2. The number of anilines is 1. The number of nitrogens with zero attached hydrogens (tertiary/aromatic N) is 3. The number of aliphatic hydroxyl groups is 1. The third kappa shape index (κ3) is 9.81. The van der Waals surface area contributed by atoms with Gasteiger partial charge in [-0.15, -0.1) is 0 Å². The summed E-state index contributed by atoms with van der Waals surface area (Å²) in [7, 11) is 0. The SMILES string of the molecule is O=C(CCCCC(=O)NCc1ccc([C@@H]2O[C@H](CN3CCN(c4ccc([N+](=O)[O-])cc4)CC3)C[C@H](c3ccc(CO)cc3)O2)cc1)NO. The number of ether oxygens (including phenoxy) is 2. The van der Waals surface area contributed by atoms with E-state index in [0.29, 0.717) is 32.2 Å². The number of hydrogen-bond acceptors (Lipinski definition) is 10. The first-order valence-corrected chi connectivity index (χ1v) is 16.3. The second-order valence-corrected chi connectivity index (χ2v) is 12.2. The molecular weight excluding hydrogens is 618 g/mol. The van der Waals surface area contributed by atoms with Crippen LogP contribution in [0, 0.1) is 10.1 Å². The van der Waals surface area contributed by atoms with Crippen molar-refractivity contribution in [3.63, 3.8) is 0 Å². The third-order valence-electron chi connectivity index (χ3n) is 8.80. The minimum atomic E-state index is -0.590. The zero-order valence-electron chi connectivity index (χ0n) is 26.8. The highest BCUT2D eigenvalue weighted by atomic mass is 16.7. The van der Waals surface area contributed by atoms with Crippen LogP contribution in [0.1, 0.15) is 66.8 Å². The molecule has 4 N–H and O–H groups in total. The van der Waals surface area contributed by atoms with E-state index in [1.54, 1.807) is 29.7 Å². The lowest BCUT2D eigenvalue weighted by molar-refractivity contribution is -0.384. The Balaban J connectivity index is 1.18. The Morgan fingerprint density at radius 3 is 2.08 bits per heavy atom. The van der Waals surface area contributed by atoms with E-state index in [9.17, 15) is 24.8 Å². The van der Waals surface area contributed by atoms with Crippen molar-refractivity contribution in [2.24, 2.45) is 0 Å². The van der Waals surface area contributed by atoms with E-state index in [1.807, 2.05) is 48.5 Å². The zero-order valence-corrected chi connectivity index (χ0v) is 26.8. The Kier molecular flexibility index (Phi) is 12.5. The van der Waals surface area contributed by atoms with Gasteiger partial charge >= 0.3 is 0 Å². The van der Waals surface area contributed by atoms with E-state index in [4.69, 9.17) is 14.7 Å². The van der Waals surface area contributed by atoms with E-state index in [-0.39, 0.29) is 41.8 Å². The largest absolute Gasteiger partial charge is 0.392 e. The molecule has 2 amide bonds. The summed E-state index contributed by atoms with van der Waals surface area (Å²) in [4.78, 5) is 38.6. The summed E-state index contributed by atoms with van der Waals surface area (Å²) in [6.07, 6.45) is 1.32. The molecule has 2 heterocycles. The summed E-state index contributed by atoms with van der Waals surface area (Å²) in [6.45, 7) is 4.34. The average Bonchev–Trinajstić information content (AvgIpc) is 3.13. The molecule has 0 unspecified atom stereocenters. The molecule has 0 radical (unpaired) electrons. The summed E-state index contributed by atoms with van der Waals surface area (Å²) in [6, 6.07) is 22.3. The summed E-state index contributed by atoms with van der Waals surface area (Å²) in [5, 5.41) is 32.0. The maximum Gasteiger partial charge on any atom is 0.269 e. The Hall–Kier alpha value is -4.40. The monoisotopic (exact) mass is 661 g/mol. The topological polar surface area (TPSA) is 167 Å². The van der Waals surface area contributed by atoms with Crippen molar-refractivity contribution >= 4 is 23.2 Å². The average molecular weight is 662 g/mol. The smallest absolute Gasteiger partial charge is 0.269 e. The van der Waals surface area contributed by atoms with Crippen LogP contribution >= 0.6 is 0 Å². The second-order valence-electron chi connectivity index (χ2n) is 12.2. The van der Waals surface area contributed by atoms with Crippen LogP contribution in [0.5, 0.6) is 0 Å². The number of amides is 2. The zero-order chi connectivity index (χ0) is 33.9. The van der Waals surface area contributed by atoms with E-state index >= 15 is 0 Å². The van der Waals surface area contributed by atoms with Gasteiger partial charge in [0, 0.05) is 81.9 Å². The van der Waals surface area contributed by atoms with Gasteiger partial charge in [0.1, 0.15) is 0 Å². The van der Waals surface area contributed by atoms with Gasteiger partial charge in [-0.2, -0.15) is 0 Å². The number of hydroxylamine groups is 1. The fourth-order valence-electron chi connectivity index (χ4n) is 6.00. The van der Waals surface area contributed by atoms with Crippen molar-refractivity contribution in [2.75, 3.05) is 37.6 Å². The lowest BCUT2D eigenvalue weighted by Crippen LogP contribution is -2.49. The van der Waals surface area contributed by atoms with Gasteiger partial charge < -0.3 is 24.8 Å². The molecule has 13 heteroatoms. The normalized spacial score (nSPS) is 19.9. The first-order chi connectivity index (χ1) is 23.3. The molecule has 5 rings (SSSR count). The fraction of sp³-hybridized carbons (Fsp3) is 0.429. The number of nitrogens with one attached hydrogen (secondary N) is 2. The highest BCUT2D eigenvalue weighted by molar-refractivity contribution is 5.76. The summed E-state index contributed by atoms with van der Waals surface area (Å²) < 4.78 is 13.0. The highest BCUT2D eigenvalue weighted by Gasteiger charge is 2.34. The number of unbranched alkanes of at least 4 members (excludes halogenated alkanes) is 1. The minimum absolute atomic E-state index is 0.0256. The Labute approximate surface area is 279 Å². The van der Waals surface area contributed by atoms with Gasteiger partial charge in [-0.1, -0.05) is 48.5 Å². The number of nitro groups is 1. The number of hydrogen-bond donors (Lipinski definition) is 4. The summed E-state index contributed by atoms with van der Waals surface area (Å²) in [5.74, 6) is -0.563. The van der Waals surface area contributed by atoms with Crippen LogP contribution in [0.15, 0.2) is 72.8 Å². The molecule has 3 aromatic carbocycles. The molecule has 0 aliphatic carbocycles. The predicted octanol–water partition coefficient (Wildman–Crippen LogP) is 4.14. The summed E-state index contributed by atoms with van der Waals surface area (Å²) in [5.41, 5.74) is 6.30.